The lowest BCUT2D eigenvalue weighted by atomic mass is 10.2. The van der Waals surface area contributed by atoms with E-state index in [4.69, 9.17) is 0 Å². The molecule has 0 radical (unpaired) electrons. The first-order chi connectivity index (χ1) is 13.6. The molecule has 1 aromatic carbocycles. The van der Waals surface area contributed by atoms with E-state index in [2.05, 4.69) is 10.2 Å². The van der Waals surface area contributed by atoms with Gasteiger partial charge in [-0.1, -0.05) is 18.2 Å². The molecule has 4 rings (SSSR count). The molecule has 2 amide bonds. The summed E-state index contributed by atoms with van der Waals surface area (Å²) in [7, 11) is 0. The Kier molecular flexibility index (Phi) is 4.64. The number of likely N-dealkylation sites (N-methyl/N-ethyl adjacent to an activating group) is 1. The topological polar surface area (TPSA) is 92.8 Å². The number of nitrogens with zero attached hydrogens (tertiary/aromatic N) is 6. The van der Waals surface area contributed by atoms with Crippen molar-refractivity contribution < 1.29 is 9.59 Å². The van der Waals surface area contributed by atoms with Gasteiger partial charge in [0.2, 0.25) is 11.8 Å². The van der Waals surface area contributed by atoms with Crippen molar-refractivity contribution in [1.82, 2.24) is 24.3 Å². The molecular weight excluding hydrogens is 360 g/mol. The molecular formula is C19H20N6O3. The Balaban J connectivity index is 1.53. The molecule has 0 spiro atoms. The lowest BCUT2D eigenvalue weighted by Gasteiger charge is -2.27. The first kappa shape index (κ1) is 17.9. The van der Waals surface area contributed by atoms with Crippen molar-refractivity contribution in [2.45, 2.75) is 25.9 Å². The highest BCUT2D eigenvalue weighted by molar-refractivity contribution is 6.01. The Labute approximate surface area is 160 Å². The minimum Gasteiger partial charge on any atom is -0.329 e. The van der Waals surface area contributed by atoms with E-state index in [0.717, 1.165) is 10.4 Å². The monoisotopic (exact) mass is 380 g/mol. The largest absolute Gasteiger partial charge is 0.329 e. The highest BCUT2D eigenvalue weighted by Gasteiger charge is 2.38. The van der Waals surface area contributed by atoms with E-state index in [1.165, 1.54) is 21.9 Å². The van der Waals surface area contributed by atoms with E-state index < -0.39 is 11.6 Å². The highest BCUT2D eigenvalue weighted by Crippen LogP contribution is 2.24. The van der Waals surface area contributed by atoms with E-state index in [-0.39, 0.29) is 18.4 Å². The Bertz CT molecular complexity index is 1070. The molecule has 1 saturated heterocycles. The second-order valence-corrected chi connectivity index (χ2v) is 6.56. The third-order valence-corrected chi connectivity index (χ3v) is 4.99. The van der Waals surface area contributed by atoms with E-state index in [9.17, 15) is 14.4 Å². The molecule has 1 atom stereocenters. The summed E-state index contributed by atoms with van der Waals surface area (Å²) >= 11 is 0. The van der Waals surface area contributed by atoms with Crippen LogP contribution in [0.15, 0.2) is 53.7 Å². The predicted molar refractivity (Wildman–Crippen MR) is 102 cm³/mol. The summed E-state index contributed by atoms with van der Waals surface area (Å²) in [4.78, 5) is 41.5. The van der Waals surface area contributed by atoms with Crippen molar-refractivity contribution in [3.05, 3.63) is 59.3 Å². The fourth-order valence-electron chi connectivity index (χ4n) is 3.59. The number of aromatic nitrogens is 4. The molecule has 1 fully saturated rings. The minimum absolute atomic E-state index is 0.104. The highest BCUT2D eigenvalue weighted by atomic mass is 16.2. The molecule has 9 heteroatoms. The van der Waals surface area contributed by atoms with E-state index in [1.807, 2.05) is 37.3 Å². The van der Waals surface area contributed by atoms with Crippen LogP contribution in [0.2, 0.25) is 0 Å². The van der Waals surface area contributed by atoms with Gasteiger partial charge in [0, 0.05) is 18.8 Å². The van der Waals surface area contributed by atoms with Crippen LogP contribution < -0.4 is 10.5 Å². The summed E-state index contributed by atoms with van der Waals surface area (Å²) in [5.74, 6) is -0.415. The van der Waals surface area contributed by atoms with Crippen LogP contribution in [0, 0.1) is 0 Å². The summed E-state index contributed by atoms with van der Waals surface area (Å²) in [6.07, 6.45) is 3.44. The number of hydrogen-bond donors (Lipinski definition) is 0. The van der Waals surface area contributed by atoms with Crippen molar-refractivity contribution in [3.63, 3.8) is 0 Å². The van der Waals surface area contributed by atoms with E-state index >= 15 is 0 Å². The number of carbonyl (C=O) groups excluding carboxylic acids is 2. The first-order valence-corrected chi connectivity index (χ1v) is 9.15. The SMILES string of the molecule is CCN(C(=O)Cn1ncn2nccc2c1=O)C1CCN(c2ccccc2)C1=O. The maximum Gasteiger partial charge on any atom is 0.293 e. The summed E-state index contributed by atoms with van der Waals surface area (Å²) in [6.45, 7) is 2.54. The van der Waals surface area contributed by atoms with Crippen LogP contribution >= 0.6 is 0 Å². The molecule has 1 aliphatic heterocycles. The lowest BCUT2D eigenvalue weighted by molar-refractivity contribution is -0.138. The fraction of sp³-hybridized carbons (Fsp3) is 0.316. The smallest absolute Gasteiger partial charge is 0.293 e. The molecule has 3 aromatic rings. The molecule has 0 bridgehead atoms. The number of anilines is 1. The van der Waals surface area contributed by atoms with Crippen LogP contribution in [-0.2, 0) is 16.1 Å². The van der Waals surface area contributed by atoms with Gasteiger partial charge in [0.15, 0.2) is 0 Å². The molecule has 1 aliphatic rings. The van der Waals surface area contributed by atoms with Gasteiger partial charge in [-0.15, -0.1) is 0 Å². The van der Waals surface area contributed by atoms with Crippen LogP contribution in [-0.4, -0.2) is 55.2 Å². The van der Waals surface area contributed by atoms with Crippen molar-refractivity contribution in [2.24, 2.45) is 0 Å². The summed E-state index contributed by atoms with van der Waals surface area (Å²) in [5.41, 5.74) is 0.772. The molecule has 28 heavy (non-hydrogen) atoms. The number of hydrogen-bond acceptors (Lipinski definition) is 5. The molecule has 2 aromatic heterocycles. The predicted octanol–water partition coefficient (Wildman–Crippen LogP) is 0.545. The third kappa shape index (κ3) is 3.04. The van der Waals surface area contributed by atoms with Gasteiger partial charge >= 0.3 is 0 Å². The molecule has 144 valence electrons. The van der Waals surface area contributed by atoms with E-state index in [0.29, 0.717) is 25.0 Å². The molecule has 1 unspecified atom stereocenters. The Morgan fingerprint density at radius 1 is 1.18 bits per heavy atom. The van der Waals surface area contributed by atoms with Gasteiger partial charge in [0.05, 0.1) is 6.20 Å². The van der Waals surface area contributed by atoms with Crippen LogP contribution in [0.5, 0.6) is 0 Å². The molecule has 0 N–H and O–H groups in total. The third-order valence-electron chi connectivity index (χ3n) is 4.99. The molecule has 9 nitrogen and oxygen atoms in total. The average molecular weight is 380 g/mol. The van der Waals surface area contributed by atoms with Crippen LogP contribution in [0.4, 0.5) is 5.69 Å². The quantitative estimate of drug-likeness (QED) is 0.644. The molecule has 0 aliphatic carbocycles. The summed E-state index contributed by atoms with van der Waals surface area (Å²) < 4.78 is 2.47. The Morgan fingerprint density at radius 3 is 2.71 bits per heavy atom. The summed E-state index contributed by atoms with van der Waals surface area (Å²) in [5, 5.41) is 7.96. The second kappa shape index (κ2) is 7.26. The Morgan fingerprint density at radius 2 is 1.96 bits per heavy atom. The maximum absolute atomic E-state index is 12.9. The van der Waals surface area contributed by atoms with Gasteiger partial charge in [0.25, 0.3) is 5.56 Å². The van der Waals surface area contributed by atoms with Crippen LogP contribution in [0.3, 0.4) is 0 Å². The lowest BCUT2D eigenvalue weighted by Crippen LogP contribution is -2.47. The van der Waals surface area contributed by atoms with Crippen molar-refractivity contribution >= 4 is 23.0 Å². The zero-order chi connectivity index (χ0) is 19.7. The van der Waals surface area contributed by atoms with E-state index in [1.54, 1.807) is 11.0 Å². The van der Waals surface area contributed by atoms with Crippen molar-refractivity contribution in [3.8, 4) is 0 Å². The van der Waals surface area contributed by atoms with Gasteiger partial charge in [-0.2, -0.15) is 10.2 Å². The van der Waals surface area contributed by atoms with Crippen LogP contribution in [0.1, 0.15) is 13.3 Å². The zero-order valence-electron chi connectivity index (χ0n) is 15.4. The summed E-state index contributed by atoms with van der Waals surface area (Å²) in [6, 6.07) is 10.4. The first-order valence-electron chi connectivity index (χ1n) is 9.15. The molecule has 0 saturated carbocycles. The standard InChI is InChI=1S/C19H20N6O3/c1-2-22(15-9-11-23(18(15)27)14-6-4-3-5-7-14)17(26)12-24-19(28)16-8-10-20-25(16)13-21-24/h3-8,10,13,15H,2,9,11-12H2,1H3. The second-order valence-electron chi connectivity index (χ2n) is 6.56. The zero-order valence-corrected chi connectivity index (χ0v) is 15.4. The number of benzene rings is 1. The number of rotatable bonds is 5. The van der Waals surface area contributed by atoms with Crippen molar-refractivity contribution in [1.29, 1.82) is 0 Å². The van der Waals surface area contributed by atoms with Crippen LogP contribution in [0.25, 0.3) is 5.52 Å². The maximum atomic E-state index is 12.9. The van der Waals surface area contributed by atoms with Gasteiger partial charge in [-0.05, 0) is 31.5 Å². The number of amides is 2. The number of fused-ring (bicyclic) bond motifs is 1. The number of para-hydroxylation sites is 1. The van der Waals surface area contributed by atoms with Gasteiger partial charge in [-0.25, -0.2) is 9.20 Å². The molecule has 3 heterocycles. The average Bonchev–Trinajstić information content (AvgIpc) is 3.33. The number of carbonyl (C=O) groups is 2. The van der Waals surface area contributed by atoms with Crippen molar-refractivity contribution in [2.75, 3.05) is 18.0 Å². The normalized spacial score (nSPS) is 16.7. The van der Waals surface area contributed by atoms with Gasteiger partial charge in [0.1, 0.15) is 24.4 Å². The fourth-order valence-corrected chi connectivity index (χ4v) is 3.59. The van der Waals surface area contributed by atoms with Gasteiger partial charge in [-0.3, -0.25) is 14.4 Å². The van der Waals surface area contributed by atoms with Gasteiger partial charge < -0.3 is 9.80 Å². The Hall–Kier alpha value is -3.49. The minimum atomic E-state index is -0.535.